The monoisotopic (exact) mass is 272 g/mol. The number of methoxy groups -OCH3 is 1. The Morgan fingerprint density at radius 1 is 1.21 bits per heavy atom. The zero-order valence-electron chi connectivity index (χ0n) is 11.2. The molecule has 0 radical (unpaired) electrons. The maximum atomic E-state index is 13.4. The SMILES string of the molecule is COC(=O)C1CCC(NC(=O)N2CCCC2F)CC1. The maximum Gasteiger partial charge on any atom is 0.319 e. The van der Waals surface area contributed by atoms with Crippen molar-refractivity contribution in [3.63, 3.8) is 0 Å². The van der Waals surface area contributed by atoms with E-state index in [2.05, 4.69) is 5.32 Å². The van der Waals surface area contributed by atoms with Crippen molar-refractivity contribution < 1.29 is 18.7 Å². The molecule has 1 unspecified atom stereocenters. The van der Waals surface area contributed by atoms with Crippen LogP contribution in [0.1, 0.15) is 38.5 Å². The summed E-state index contributed by atoms with van der Waals surface area (Å²) in [5.41, 5.74) is 0. The molecule has 0 aromatic rings. The first-order chi connectivity index (χ1) is 9.11. The number of ether oxygens (including phenoxy) is 1. The minimum Gasteiger partial charge on any atom is -0.469 e. The van der Waals surface area contributed by atoms with Crippen LogP contribution >= 0.6 is 0 Å². The second kappa shape index (κ2) is 6.21. The summed E-state index contributed by atoms with van der Waals surface area (Å²) < 4.78 is 18.1. The largest absolute Gasteiger partial charge is 0.469 e. The quantitative estimate of drug-likeness (QED) is 0.616. The van der Waals surface area contributed by atoms with Gasteiger partial charge in [-0.05, 0) is 38.5 Å². The number of likely N-dealkylation sites (tertiary alicyclic amines) is 1. The molecule has 0 aromatic carbocycles. The Bertz CT molecular complexity index is 343. The lowest BCUT2D eigenvalue weighted by atomic mass is 9.86. The number of carbonyl (C=O) groups is 2. The number of rotatable bonds is 2. The van der Waals surface area contributed by atoms with Gasteiger partial charge in [0.25, 0.3) is 0 Å². The summed E-state index contributed by atoms with van der Waals surface area (Å²) in [6, 6.07) is -0.271. The lowest BCUT2D eigenvalue weighted by Gasteiger charge is -2.29. The van der Waals surface area contributed by atoms with Gasteiger partial charge < -0.3 is 10.1 Å². The lowest BCUT2D eigenvalue weighted by molar-refractivity contribution is -0.146. The first-order valence-corrected chi connectivity index (χ1v) is 6.91. The minimum absolute atomic E-state index is 0.0428. The van der Waals surface area contributed by atoms with Crippen LogP contribution in [0.3, 0.4) is 0 Å². The summed E-state index contributed by atoms with van der Waals surface area (Å²) in [7, 11) is 1.39. The standard InChI is InChI=1S/C13H21FN2O3/c1-19-12(17)9-4-6-10(7-5-9)15-13(18)16-8-2-3-11(16)14/h9-11H,2-8H2,1H3,(H,15,18). The fourth-order valence-corrected chi connectivity index (χ4v) is 2.85. The van der Waals surface area contributed by atoms with Crippen molar-refractivity contribution in [2.75, 3.05) is 13.7 Å². The minimum atomic E-state index is -1.15. The van der Waals surface area contributed by atoms with Crippen molar-refractivity contribution in [1.82, 2.24) is 10.2 Å². The number of hydrogen-bond donors (Lipinski definition) is 1. The van der Waals surface area contributed by atoms with Crippen molar-refractivity contribution >= 4 is 12.0 Å². The van der Waals surface area contributed by atoms with E-state index in [4.69, 9.17) is 4.74 Å². The third kappa shape index (κ3) is 3.36. The number of nitrogens with one attached hydrogen (secondary N) is 1. The van der Waals surface area contributed by atoms with Crippen molar-refractivity contribution in [2.45, 2.75) is 50.9 Å². The first-order valence-electron chi connectivity index (χ1n) is 6.91. The molecule has 1 aliphatic heterocycles. The van der Waals surface area contributed by atoms with Crippen molar-refractivity contribution in [1.29, 1.82) is 0 Å². The Kier molecular flexibility index (Phi) is 4.61. The summed E-state index contributed by atoms with van der Waals surface area (Å²) in [4.78, 5) is 24.5. The first kappa shape index (κ1) is 14.1. The smallest absolute Gasteiger partial charge is 0.319 e. The van der Waals surface area contributed by atoms with Gasteiger partial charge in [0, 0.05) is 12.6 Å². The van der Waals surface area contributed by atoms with Gasteiger partial charge in [0.15, 0.2) is 6.30 Å². The molecule has 1 N–H and O–H groups in total. The molecule has 1 saturated carbocycles. The number of urea groups is 1. The van der Waals surface area contributed by atoms with Gasteiger partial charge in [-0.2, -0.15) is 0 Å². The Labute approximate surface area is 112 Å². The topological polar surface area (TPSA) is 58.6 Å². The van der Waals surface area contributed by atoms with Gasteiger partial charge in [0.2, 0.25) is 0 Å². The molecule has 5 nitrogen and oxygen atoms in total. The molecule has 0 bridgehead atoms. The van der Waals surface area contributed by atoms with E-state index in [9.17, 15) is 14.0 Å². The van der Waals surface area contributed by atoms with E-state index in [0.717, 1.165) is 32.1 Å². The molecule has 1 aliphatic carbocycles. The zero-order chi connectivity index (χ0) is 13.8. The zero-order valence-corrected chi connectivity index (χ0v) is 11.2. The molecule has 2 rings (SSSR count). The normalized spacial score (nSPS) is 31.1. The third-order valence-electron chi connectivity index (χ3n) is 4.03. The summed E-state index contributed by atoms with van der Waals surface area (Å²) >= 11 is 0. The molecule has 108 valence electrons. The molecule has 6 heteroatoms. The van der Waals surface area contributed by atoms with Gasteiger partial charge in [-0.1, -0.05) is 0 Å². The molecule has 1 saturated heterocycles. The van der Waals surface area contributed by atoms with Gasteiger partial charge in [0.05, 0.1) is 13.0 Å². The number of halogens is 1. The highest BCUT2D eigenvalue weighted by Crippen LogP contribution is 2.26. The summed E-state index contributed by atoms with van der Waals surface area (Å²) in [6.07, 6.45) is 2.94. The van der Waals surface area contributed by atoms with Crippen molar-refractivity contribution in [3.05, 3.63) is 0 Å². The van der Waals surface area contributed by atoms with Crippen LogP contribution in [0.15, 0.2) is 0 Å². The van der Waals surface area contributed by atoms with Gasteiger partial charge in [0.1, 0.15) is 0 Å². The number of carbonyl (C=O) groups excluding carboxylic acids is 2. The van der Waals surface area contributed by atoms with E-state index in [1.54, 1.807) is 0 Å². The van der Waals surface area contributed by atoms with Crippen LogP contribution in [-0.2, 0) is 9.53 Å². The van der Waals surface area contributed by atoms with Crippen LogP contribution in [-0.4, -0.2) is 42.9 Å². The van der Waals surface area contributed by atoms with E-state index < -0.39 is 6.30 Å². The Morgan fingerprint density at radius 2 is 1.89 bits per heavy atom. The molecule has 2 fully saturated rings. The summed E-state index contributed by atoms with van der Waals surface area (Å²) in [5.74, 6) is -0.230. The lowest BCUT2D eigenvalue weighted by Crippen LogP contribution is -2.47. The van der Waals surface area contributed by atoms with Gasteiger partial charge in [-0.25, -0.2) is 9.18 Å². The fraction of sp³-hybridized carbons (Fsp3) is 0.846. The molecular formula is C13H21FN2O3. The highest BCUT2D eigenvalue weighted by molar-refractivity contribution is 5.75. The van der Waals surface area contributed by atoms with E-state index in [-0.39, 0.29) is 24.0 Å². The van der Waals surface area contributed by atoms with Crippen LogP contribution < -0.4 is 5.32 Å². The molecule has 2 amide bonds. The second-order valence-electron chi connectivity index (χ2n) is 5.29. The average molecular weight is 272 g/mol. The number of esters is 1. The molecule has 2 aliphatic rings. The third-order valence-corrected chi connectivity index (χ3v) is 4.03. The number of amides is 2. The average Bonchev–Trinajstić information content (AvgIpc) is 2.85. The van der Waals surface area contributed by atoms with Gasteiger partial charge in [-0.15, -0.1) is 0 Å². The molecule has 19 heavy (non-hydrogen) atoms. The predicted molar refractivity (Wildman–Crippen MR) is 67.1 cm³/mol. The van der Waals surface area contributed by atoms with E-state index in [1.807, 2.05) is 0 Å². The number of alkyl halides is 1. The van der Waals surface area contributed by atoms with E-state index >= 15 is 0 Å². The number of hydrogen-bond acceptors (Lipinski definition) is 3. The fourth-order valence-electron chi connectivity index (χ4n) is 2.85. The van der Waals surface area contributed by atoms with Crippen LogP contribution in [0, 0.1) is 5.92 Å². The van der Waals surface area contributed by atoms with Crippen LogP contribution in [0.25, 0.3) is 0 Å². The molecular weight excluding hydrogens is 251 g/mol. The molecule has 1 atom stereocenters. The van der Waals surface area contributed by atoms with Crippen LogP contribution in [0.4, 0.5) is 9.18 Å². The Balaban J connectivity index is 1.76. The maximum absolute atomic E-state index is 13.4. The van der Waals surface area contributed by atoms with Crippen LogP contribution in [0.5, 0.6) is 0 Å². The molecule has 0 aromatic heterocycles. The summed E-state index contributed by atoms with van der Waals surface area (Å²) in [5, 5.41) is 2.86. The van der Waals surface area contributed by atoms with Gasteiger partial charge in [-0.3, -0.25) is 9.69 Å². The Hall–Kier alpha value is -1.33. The highest BCUT2D eigenvalue weighted by atomic mass is 19.1. The van der Waals surface area contributed by atoms with Crippen molar-refractivity contribution in [3.8, 4) is 0 Å². The van der Waals surface area contributed by atoms with E-state index in [1.165, 1.54) is 12.0 Å². The number of nitrogens with zero attached hydrogens (tertiary/aromatic N) is 1. The van der Waals surface area contributed by atoms with Gasteiger partial charge >= 0.3 is 12.0 Å². The van der Waals surface area contributed by atoms with E-state index in [0.29, 0.717) is 13.0 Å². The summed E-state index contributed by atoms with van der Waals surface area (Å²) in [6.45, 7) is 0.491. The van der Waals surface area contributed by atoms with Crippen LogP contribution in [0.2, 0.25) is 0 Å². The molecule has 0 spiro atoms. The second-order valence-corrected chi connectivity index (χ2v) is 5.29. The predicted octanol–water partition coefficient (Wildman–Crippen LogP) is 1.82. The molecule has 1 heterocycles. The van der Waals surface area contributed by atoms with Crippen molar-refractivity contribution in [2.24, 2.45) is 5.92 Å². The Morgan fingerprint density at radius 3 is 2.42 bits per heavy atom. The highest BCUT2D eigenvalue weighted by Gasteiger charge is 2.32.